The summed E-state index contributed by atoms with van der Waals surface area (Å²) in [5, 5.41) is 2.51. The summed E-state index contributed by atoms with van der Waals surface area (Å²) in [5.74, 6) is -0.248. The summed E-state index contributed by atoms with van der Waals surface area (Å²) in [7, 11) is 1.58. The fourth-order valence-corrected chi connectivity index (χ4v) is 1.11. The van der Waals surface area contributed by atoms with Gasteiger partial charge < -0.3 is 5.32 Å². The van der Waals surface area contributed by atoms with Crippen LogP contribution in [0.2, 0.25) is 0 Å². The highest BCUT2D eigenvalue weighted by Gasteiger charge is 2.31. The van der Waals surface area contributed by atoms with Gasteiger partial charge in [-0.1, -0.05) is 6.92 Å². The second-order valence-electron chi connectivity index (χ2n) is 2.91. The number of hydrogen-bond donors (Lipinski definition) is 3. The largest absolute Gasteiger partial charge is 0.359 e. The Kier molecular flexibility index (Phi) is 2.65. The molecule has 0 aromatic rings. The van der Waals surface area contributed by atoms with E-state index in [1.54, 1.807) is 14.0 Å². The number of amides is 2. The summed E-state index contributed by atoms with van der Waals surface area (Å²) in [5.41, 5.74) is 5.24. The monoisotopic (exact) mass is 171 g/mol. The average molecular weight is 171 g/mol. The Morgan fingerprint density at radius 2 is 2.33 bits per heavy atom. The van der Waals surface area contributed by atoms with E-state index in [4.69, 9.17) is 0 Å². The van der Waals surface area contributed by atoms with Gasteiger partial charge in [-0.25, -0.2) is 5.43 Å². The third-order valence-corrected chi connectivity index (χ3v) is 2.08. The maximum atomic E-state index is 10.9. The van der Waals surface area contributed by atoms with Crippen LogP contribution in [0.3, 0.4) is 0 Å². The van der Waals surface area contributed by atoms with Gasteiger partial charge in [0.2, 0.25) is 11.8 Å². The Hall–Kier alpha value is -1.10. The summed E-state index contributed by atoms with van der Waals surface area (Å²) in [4.78, 5) is 21.9. The molecule has 1 fully saturated rings. The number of nitrogens with one attached hydrogen (secondary N) is 3. The molecular weight excluding hydrogens is 158 g/mol. The van der Waals surface area contributed by atoms with Crippen molar-refractivity contribution in [3.63, 3.8) is 0 Å². The van der Waals surface area contributed by atoms with Gasteiger partial charge >= 0.3 is 0 Å². The van der Waals surface area contributed by atoms with E-state index in [2.05, 4.69) is 16.2 Å². The van der Waals surface area contributed by atoms with Gasteiger partial charge in [0.05, 0.1) is 5.92 Å². The Morgan fingerprint density at radius 1 is 1.67 bits per heavy atom. The highest BCUT2D eigenvalue weighted by atomic mass is 16.2. The third kappa shape index (κ3) is 1.73. The van der Waals surface area contributed by atoms with Gasteiger partial charge in [0, 0.05) is 19.5 Å². The van der Waals surface area contributed by atoms with E-state index in [0.29, 0.717) is 6.42 Å². The molecule has 0 saturated carbocycles. The Morgan fingerprint density at radius 3 is 2.75 bits per heavy atom. The smallest absolute Gasteiger partial charge is 0.238 e. The van der Waals surface area contributed by atoms with E-state index in [1.807, 2.05) is 0 Å². The molecule has 1 aliphatic heterocycles. The number of carbonyl (C=O) groups is 2. The predicted molar refractivity (Wildman–Crippen MR) is 42.9 cm³/mol. The van der Waals surface area contributed by atoms with Crippen LogP contribution < -0.4 is 16.2 Å². The number of hydrogen-bond acceptors (Lipinski definition) is 3. The van der Waals surface area contributed by atoms with E-state index in [-0.39, 0.29) is 23.8 Å². The fraction of sp³-hybridized carbons (Fsp3) is 0.714. The van der Waals surface area contributed by atoms with Gasteiger partial charge in [-0.3, -0.25) is 15.0 Å². The second-order valence-corrected chi connectivity index (χ2v) is 2.91. The van der Waals surface area contributed by atoms with Crippen LogP contribution in [0.5, 0.6) is 0 Å². The summed E-state index contributed by atoms with van der Waals surface area (Å²) < 4.78 is 0. The molecule has 1 heterocycles. The van der Waals surface area contributed by atoms with Crippen molar-refractivity contribution in [2.75, 3.05) is 7.05 Å². The molecule has 2 amide bonds. The van der Waals surface area contributed by atoms with Gasteiger partial charge in [-0.2, -0.15) is 0 Å². The van der Waals surface area contributed by atoms with Crippen LogP contribution in [0, 0.1) is 5.92 Å². The van der Waals surface area contributed by atoms with Crippen molar-refractivity contribution in [2.45, 2.75) is 19.4 Å². The van der Waals surface area contributed by atoms with Crippen LogP contribution in [-0.2, 0) is 9.59 Å². The number of hydrazine groups is 1. The van der Waals surface area contributed by atoms with E-state index in [1.165, 1.54) is 0 Å². The highest BCUT2D eigenvalue weighted by molar-refractivity contribution is 5.83. The molecular formula is C7H13N3O2. The lowest BCUT2D eigenvalue weighted by Crippen LogP contribution is -2.36. The first-order valence-corrected chi connectivity index (χ1v) is 3.91. The molecule has 1 aliphatic rings. The van der Waals surface area contributed by atoms with E-state index in [9.17, 15) is 9.59 Å². The van der Waals surface area contributed by atoms with Crippen molar-refractivity contribution in [3.8, 4) is 0 Å². The molecule has 12 heavy (non-hydrogen) atoms. The molecule has 0 aliphatic carbocycles. The lowest BCUT2D eigenvalue weighted by Gasteiger charge is -2.10. The lowest BCUT2D eigenvalue weighted by molar-refractivity contribution is -0.122. The zero-order valence-corrected chi connectivity index (χ0v) is 7.18. The summed E-state index contributed by atoms with van der Waals surface area (Å²) in [6, 6.07) is -0.0857. The number of rotatable bonds is 2. The van der Waals surface area contributed by atoms with Crippen molar-refractivity contribution in [1.82, 2.24) is 16.2 Å². The van der Waals surface area contributed by atoms with Crippen LogP contribution >= 0.6 is 0 Å². The van der Waals surface area contributed by atoms with Crippen molar-refractivity contribution < 1.29 is 9.59 Å². The average Bonchev–Trinajstić information content (AvgIpc) is 2.36. The topological polar surface area (TPSA) is 70.2 Å². The fourth-order valence-electron chi connectivity index (χ4n) is 1.11. The SMILES string of the molecule is CNC(=O)CC1NNC(=O)C1C. The first-order valence-electron chi connectivity index (χ1n) is 3.91. The van der Waals surface area contributed by atoms with Gasteiger partial charge in [0.15, 0.2) is 0 Å². The summed E-state index contributed by atoms with van der Waals surface area (Å²) in [6.45, 7) is 1.79. The van der Waals surface area contributed by atoms with Crippen LogP contribution in [0.15, 0.2) is 0 Å². The lowest BCUT2D eigenvalue weighted by atomic mass is 10.0. The van der Waals surface area contributed by atoms with E-state index < -0.39 is 0 Å². The zero-order valence-electron chi connectivity index (χ0n) is 7.18. The molecule has 1 saturated heterocycles. The highest BCUT2D eigenvalue weighted by Crippen LogP contribution is 2.10. The van der Waals surface area contributed by atoms with Gasteiger partial charge in [0.1, 0.15) is 0 Å². The van der Waals surface area contributed by atoms with Crippen molar-refractivity contribution in [2.24, 2.45) is 5.92 Å². The molecule has 0 bridgehead atoms. The molecule has 2 unspecified atom stereocenters. The van der Waals surface area contributed by atoms with Gasteiger partial charge in [-0.05, 0) is 0 Å². The molecule has 5 nitrogen and oxygen atoms in total. The molecule has 0 spiro atoms. The van der Waals surface area contributed by atoms with Crippen LogP contribution in [0.25, 0.3) is 0 Å². The third-order valence-electron chi connectivity index (χ3n) is 2.08. The Bertz CT molecular complexity index is 205. The van der Waals surface area contributed by atoms with E-state index in [0.717, 1.165) is 0 Å². The van der Waals surface area contributed by atoms with Gasteiger partial charge in [-0.15, -0.1) is 0 Å². The van der Waals surface area contributed by atoms with Crippen molar-refractivity contribution in [3.05, 3.63) is 0 Å². The first-order chi connectivity index (χ1) is 5.65. The van der Waals surface area contributed by atoms with Crippen LogP contribution in [0.1, 0.15) is 13.3 Å². The maximum Gasteiger partial charge on any atom is 0.238 e. The Labute approximate surface area is 70.9 Å². The minimum atomic E-state index is -0.137. The molecule has 68 valence electrons. The maximum absolute atomic E-state index is 10.9. The number of carbonyl (C=O) groups excluding carboxylic acids is 2. The first kappa shape index (κ1) is 8.99. The molecule has 3 N–H and O–H groups in total. The summed E-state index contributed by atoms with van der Waals surface area (Å²) >= 11 is 0. The standard InChI is InChI=1S/C7H13N3O2/c1-4-5(3-6(11)8-2)9-10-7(4)12/h4-5,9H,3H2,1-2H3,(H,8,11)(H,10,12). The van der Waals surface area contributed by atoms with E-state index >= 15 is 0 Å². The van der Waals surface area contributed by atoms with Crippen molar-refractivity contribution >= 4 is 11.8 Å². The normalized spacial score (nSPS) is 28.3. The van der Waals surface area contributed by atoms with Crippen LogP contribution in [-0.4, -0.2) is 24.9 Å². The second kappa shape index (κ2) is 3.53. The van der Waals surface area contributed by atoms with Crippen molar-refractivity contribution in [1.29, 1.82) is 0 Å². The molecule has 0 aromatic heterocycles. The minimum absolute atomic E-state index is 0.0519. The minimum Gasteiger partial charge on any atom is -0.359 e. The molecule has 5 heteroatoms. The molecule has 0 aromatic carbocycles. The summed E-state index contributed by atoms with van der Waals surface area (Å²) in [6.07, 6.45) is 0.330. The quantitative estimate of drug-likeness (QED) is 0.487. The predicted octanol–water partition coefficient (Wildman–Crippen LogP) is -1.24. The van der Waals surface area contributed by atoms with Gasteiger partial charge in [0.25, 0.3) is 0 Å². The zero-order chi connectivity index (χ0) is 9.14. The van der Waals surface area contributed by atoms with Crippen LogP contribution in [0.4, 0.5) is 0 Å². The molecule has 1 rings (SSSR count). The molecule has 0 radical (unpaired) electrons. The molecule has 2 atom stereocenters. The Balaban J connectivity index is 2.44.